The van der Waals surface area contributed by atoms with Crippen LogP contribution in [0.2, 0.25) is 5.02 Å². The molecule has 116 valence electrons. The number of para-hydroxylation sites is 2. The molecule has 1 aromatic heterocycles. The van der Waals surface area contributed by atoms with E-state index in [-0.39, 0.29) is 0 Å². The number of benzene rings is 2. The van der Waals surface area contributed by atoms with Crippen molar-refractivity contribution in [2.75, 3.05) is 0 Å². The van der Waals surface area contributed by atoms with Gasteiger partial charge < -0.3 is 9.30 Å². The molecular formula is C18H16ClN3O. The van der Waals surface area contributed by atoms with Crippen molar-refractivity contribution < 1.29 is 4.74 Å². The van der Waals surface area contributed by atoms with Crippen LogP contribution < -0.4 is 4.74 Å². The predicted molar refractivity (Wildman–Crippen MR) is 90.4 cm³/mol. The van der Waals surface area contributed by atoms with Gasteiger partial charge in [0.1, 0.15) is 18.2 Å². The third-order valence-corrected chi connectivity index (χ3v) is 3.84. The van der Waals surface area contributed by atoms with E-state index in [1.165, 1.54) is 0 Å². The second-order valence-corrected chi connectivity index (χ2v) is 5.61. The number of unbranched alkanes of at least 4 members (excludes halogenated alkanes) is 1. The Labute approximate surface area is 139 Å². The monoisotopic (exact) mass is 325 g/mol. The summed E-state index contributed by atoms with van der Waals surface area (Å²) in [6.07, 6.45) is 1.33. The molecule has 0 atom stereocenters. The van der Waals surface area contributed by atoms with Gasteiger partial charge in [-0.15, -0.1) is 0 Å². The van der Waals surface area contributed by atoms with Gasteiger partial charge >= 0.3 is 0 Å². The van der Waals surface area contributed by atoms with Crippen LogP contribution in [0, 0.1) is 11.3 Å². The standard InChI is InChI=1S/C18H16ClN3O/c19-14-7-9-15(10-8-14)23-13-18-21-16-5-1-2-6-17(16)22(18)12-4-3-11-20/h1-2,5-10H,3-4,12-13H2. The molecule has 2 aromatic carbocycles. The van der Waals surface area contributed by atoms with Crippen LogP contribution >= 0.6 is 11.6 Å². The van der Waals surface area contributed by atoms with Crippen molar-refractivity contribution in [3.05, 3.63) is 59.4 Å². The summed E-state index contributed by atoms with van der Waals surface area (Å²) in [6, 6.07) is 17.5. The molecule has 0 spiro atoms. The van der Waals surface area contributed by atoms with E-state index in [4.69, 9.17) is 21.6 Å². The highest BCUT2D eigenvalue weighted by Gasteiger charge is 2.10. The highest BCUT2D eigenvalue weighted by molar-refractivity contribution is 6.30. The number of halogens is 1. The van der Waals surface area contributed by atoms with Crippen LogP contribution in [0.1, 0.15) is 18.7 Å². The Morgan fingerprint density at radius 1 is 1.13 bits per heavy atom. The fourth-order valence-corrected chi connectivity index (χ4v) is 2.61. The minimum Gasteiger partial charge on any atom is -0.486 e. The summed E-state index contributed by atoms with van der Waals surface area (Å²) < 4.78 is 7.94. The first-order valence-electron chi connectivity index (χ1n) is 7.47. The Balaban J connectivity index is 1.82. The minimum absolute atomic E-state index is 0.378. The summed E-state index contributed by atoms with van der Waals surface area (Å²) in [4.78, 5) is 4.65. The van der Waals surface area contributed by atoms with Crippen molar-refractivity contribution >= 4 is 22.6 Å². The fourth-order valence-electron chi connectivity index (χ4n) is 2.48. The lowest BCUT2D eigenvalue weighted by Crippen LogP contribution is -2.07. The van der Waals surface area contributed by atoms with E-state index in [2.05, 4.69) is 15.6 Å². The van der Waals surface area contributed by atoms with Gasteiger partial charge in [-0.05, 0) is 42.8 Å². The molecule has 3 rings (SSSR count). The molecule has 4 nitrogen and oxygen atoms in total. The molecule has 5 heteroatoms. The third kappa shape index (κ3) is 3.64. The van der Waals surface area contributed by atoms with Crippen LogP contribution in [0.5, 0.6) is 5.75 Å². The molecule has 0 unspecified atom stereocenters. The Morgan fingerprint density at radius 2 is 1.91 bits per heavy atom. The van der Waals surface area contributed by atoms with Crippen LogP contribution in [0.25, 0.3) is 11.0 Å². The Morgan fingerprint density at radius 3 is 2.70 bits per heavy atom. The summed E-state index contributed by atoms with van der Waals surface area (Å²) in [5.41, 5.74) is 2.01. The number of aromatic nitrogens is 2. The van der Waals surface area contributed by atoms with Gasteiger partial charge in [0.15, 0.2) is 0 Å². The molecule has 0 fully saturated rings. The average molecular weight is 326 g/mol. The van der Waals surface area contributed by atoms with E-state index >= 15 is 0 Å². The predicted octanol–water partition coefficient (Wildman–Crippen LogP) is 4.57. The van der Waals surface area contributed by atoms with Crippen molar-refractivity contribution in [3.8, 4) is 11.8 Å². The first-order valence-corrected chi connectivity index (χ1v) is 7.85. The zero-order valence-electron chi connectivity index (χ0n) is 12.6. The van der Waals surface area contributed by atoms with Crippen molar-refractivity contribution in [3.63, 3.8) is 0 Å². The average Bonchev–Trinajstić information content (AvgIpc) is 2.93. The number of nitriles is 1. The SMILES string of the molecule is N#CCCCn1c(COc2ccc(Cl)cc2)nc2ccccc21. The zero-order valence-corrected chi connectivity index (χ0v) is 13.3. The number of fused-ring (bicyclic) bond motifs is 1. The van der Waals surface area contributed by atoms with Crippen molar-refractivity contribution in [2.24, 2.45) is 0 Å². The molecule has 3 aromatic rings. The second kappa shape index (κ2) is 7.17. The van der Waals surface area contributed by atoms with Crippen molar-refractivity contribution in [1.82, 2.24) is 9.55 Å². The quantitative estimate of drug-likeness (QED) is 0.624. The normalized spacial score (nSPS) is 10.6. The van der Waals surface area contributed by atoms with E-state index in [0.717, 1.165) is 35.6 Å². The van der Waals surface area contributed by atoms with E-state index < -0.39 is 0 Å². The summed E-state index contributed by atoms with van der Waals surface area (Å²) in [7, 11) is 0. The smallest absolute Gasteiger partial charge is 0.147 e. The number of nitrogens with zero attached hydrogens (tertiary/aromatic N) is 3. The van der Waals surface area contributed by atoms with Crippen LogP contribution in [-0.2, 0) is 13.2 Å². The molecule has 1 heterocycles. The maximum absolute atomic E-state index is 8.74. The van der Waals surface area contributed by atoms with Gasteiger partial charge in [0, 0.05) is 18.0 Å². The molecule has 0 N–H and O–H groups in total. The van der Waals surface area contributed by atoms with Gasteiger partial charge in [0.2, 0.25) is 0 Å². The van der Waals surface area contributed by atoms with Crippen LogP contribution in [0.4, 0.5) is 0 Å². The fraction of sp³-hybridized carbons (Fsp3) is 0.222. The van der Waals surface area contributed by atoms with Crippen molar-refractivity contribution in [2.45, 2.75) is 26.0 Å². The highest BCUT2D eigenvalue weighted by atomic mass is 35.5. The minimum atomic E-state index is 0.378. The zero-order chi connectivity index (χ0) is 16.1. The number of ether oxygens (including phenoxy) is 1. The molecular weight excluding hydrogens is 310 g/mol. The number of imidazole rings is 1. The number of hydrogen-bond acceptors (Lipinski definition) is 3. The van der Waals surface area contributed by atoms with Gasteiger partial charge in [-0.25, -0.2) is 4.98 Å². The molecule has 0 bridgehead atoms. The Kier molecular flexibility index (Phi) is 4.80. The van der Waals surface area contributed by atoms with E-state index in [0.29, 0.717) is 18.1 Å². The molecule has 0 saturated heterocycles. The van der Waals surface area contributed by atoms with Crippen LogP contribution in [-0.4, -0.2) is 9.55 Å². The van der Waals surface area contributed by atoms with E-state index in [1.54, 1.807) is 12.1 Å². The first-order chi connectivity index (χ1) is 11.3. The van der Waals surface area contributed by atoms with Gasteiger partial charge in [-0.1, -0.05) is 23.7 Å². The Bertz CT molecular complexity index is 834. The molecule has 0 aliphatic carbocycles. The maximum Gasteiger partial charge on any atom is 0.147 e. The topological polar surface area (TPSA) is 50.8 Å². The Hall–Kier alpha value is -2.51. The van der Waals surface area contributed by atoms with Crippen LogP contribution in [0.3, 0.4) is 0 Å². The lowest BCUT2D eigenvalue weighted by molar-refractivity contribution is 0.290. The van der Waals surface area contributed by atoms with Gasteiger partial charge in [-0.2, -0.15) is 5.26 Å². The molecule has 23 heavy (non-hydrogen) atoms. The largest absolute Gasteiger partial charge is 0.486 e. The van der Waals surface area contributed by atoms with Crippen LogP contribution in [0.15, 0.2) is 48.5 Å². The lowest BCUT2D eigenvalue weighted by atomic mass is 10.3. The molecule has 0 radical (unpaired) electrons. The van der Waals surface area contributed by atoms with Gasteiger partial charge in [-0.3, -0.25) is 0 Å². The second-order valence-electron chi connectivity index (χ2n) is 5.17. The lowest BCUT2D eigenvalue weighted by Gasteiger charge is -2.09. The summed E-state index contributed by atoms with van der Waals surface area (Å²) in [5.74, 6) is 1.61. The molecule has 0 aliphatic rings. The highest BCUT2D eigenvalue weighted by Crippen LogP contribution is 2.20. The summed E-state index contributed by atoms with van der Waals surface area (Å²) in [6.45, 7) is 1.14. The summed E-state index contributed by atoms with van der Waals surface area (Å²) >= 11 is 5.88. The maximum atomic E-state index is 8.74. The van der Waals surface area contributed by atoms with E-state index in [1.807, 2.05) is 36.4 Å². The summed E-state index contributed by atoms with van der Waals surface area (Å²) in [5, 5.41) is 9.42. The van der Waals surface area contributed by atoms with Crippen molar-refractivity contribution in [1.29, 1.82) is 5.26 Å². The van der Waals surface area contributed by atoms with Gasteiger partial charge in [0.05, 0.1) is 17.1 Å². The molecule has 0 saturated carbocycles. The van der Waals surface area contributed by atoms with Gasteiger partial charge in [0.25, 0.3) is 0 Å². The first kappa shape index (κ1) is 15.4. The number of aryl methyl sites for hydroxylation is 1. The number of rotatable bonds is 6. The molecule has 0 aliphatic heterocycles. The van der Waals surface area contributed by atoms with E-state index in [9.17, 15) is 0 Å². The number of hydrogen-bond donors (Lipinski definition) is 0. The third-order valence-electron chi connectivity index (χ3n) is 3.59. The molecule has 0 amide bonds.